The molecule has 0 saturated heterocycles. The number of pyridine rings is 1. The largest absolute Gasteiger partial charge is 0.497 e. The van der Waals surface area contributed by atoms with E-state index in [1.807, 2.05) is 29.2 Å². The number of nitrogen functional groups attached to an aromatic ring is 1. The van der Waals surface area contributed by atoms with Gasteiger partial charge in [-0.2, -0.15) is 0 Å². The molecule has 7 heteroatoms. The number of nitrogens with two attached hydrogens (primary N) is 1. The van der Waals surface area contributed by atoms with Gasteiger partial charge in [0.2, 0.25) is 0 Å². The van der Waals surface area contributed by atoms with Crippen LogP contribution in [-0.4, -0.2) is 34.4 Å². The number of methoxy groups -OCH3 is 1. The number of benzene rings is 1. The summed E-state index contributed by atoms with van der Waals surface area (Å²) in [6.07, 6.45) is 2.28. The van der Waals surface area contributed by atoms with E-state index in [0.717, 1.165) is 33.3 Å². The van der Waals surface area contributed by atoms with E-state index >= 15 is 0 Å². The molecular formula is C19H18N4O2S. The summed E-state index contributed by atoms with van der Waals surface area (Å²) in [5.41, 5.74) is 8.26. The van der Waals surface area contributed by atoms with Crippen LogP contribution >= 0.6 is 11.3 Å². The summed E-state index contributed by atoms with van der Waals surface area (Å²) in [5, 5.41) is 0.956. The summed E-state index contributed by atoms with van der Waals surface area (Å²) >= 11 is 1.63. The smallest absolute Gasteiger partial charge is 0.255 e. The molecule has 2 N–H and O–H groups in total. The van der Waals surface area contributed by atoms with Gasteiger partial charge in [0, 0.05) is 29.6 Å². The van der Waals surface area contributed by atoms with E-state index in [1.165, 1.54) is 6.20 Å². The number of nitrogens with zero attached hydrogens (tertiary/aromatic N) is 3. The summed E-state index contributed by atoms with van der Waals surface area (Å²) < 4.78 is 5.29. The molecular weight excluding hydrogens is 348 g/mol. The molecule has 3 heterocycles. The predicted octanol–water partition coefficient (Wildman–Crippen LogP) is 2.99. The van der Waals surface area contributed by atoms with Crippen molar-refractivity contribution in [2.45, 2.75) is 13.0 Å². The van der Waals surface area contributed by atoms with Gasteiger partial charge in [-0.25, -0.2) is 9.97 Å². The van der Waals surface area contributed by atoms with Crippen molar-refractivity contribution in [3.05, 3.63) is 58.7 Å². The number of anilines is 1. The van der Waals surface area contributed by atoms with Crippen molar-refractivity contribution in [2.75, 3.05) is 19.4 Å². The average molecular weight is 366 g/mol. The highest BCUT2D eigenvalue weighted by atomic mass is 32.1. The Kier molecular flexibility index (Phi) is 4.30. The number of carbonyl (C=O) groups excluding carboxylic acids is 1. The van der Waals surface area contributed by atoms with Gasteiger partial charge in [0.1, 0.15) is 16.6 Å². The van der Waals surface area contributed by atoms with Gasteiger partial charge in [-0.15, -0.1) is 11.3 Å². The molecule has 0 bridgehead atoms. The fourth-order valence-corrected chi connectivity index (χ4v) is 4.08. The van der Waals surface area contributed by atoms with E-state index in [2.05, 4.69) is 4.98 Å². The zero-order valence-corrected chi connectivity index (χ0v) is 15.1. The molecule has 6 nitrogen and oxygen atoms in total. The van der Waals surface area contributed by atoms with E-state index < -0.39 is 0 Å². The highest BCUT2D eigenvalue weighted by Gasteiger charge is 2.25. The van der Waals surface area contributed by atoms with Gasteiger partial charge < -0.3 is 15.4 Å². The number of thiazole rings is 1. The molecule has 0 unspecified atom stereocenters. The second kappa shape index (κ2) is 6.76. The number of fused-ring (bicyclic) bond motifs is 1. The lowest BCUT2D eigenvalue weighted by Crippen LogP contribution is -2.35. The van der Waals surface area contributed by atoms with Crippen LogP contribution < -0.4 is 10.5 Å². The molecule has 1 aromatic carbocycles. The van der Waals surface area contributed by atoms with Crippen molar-refractivity contribution in [1.82, 2.24) is 14.9 Å². The second-order valence-electron chi connectivity index (χ2n) is 6.07. The molecule has 0 atom stereocenters. The van der Waals surface area contributed by atoms with Gasteiger partial charge >= 0.3 is 0 Å². The van der Waals surface area contributed by atoms with E-state index in [0.29, 0.717) is 24.5 Å². The van der Waals surface area contributed by atoms with E-state index in [9.17, 15) is 4.79 Å². The fraction of sp³-hybridized carbons (Fsp3) is 0.211. The normalized spacial score (nSPS) is 13.3. The van der Waals surface area contributed by atoms with Crippen molar-refractivity contribution < 1.29 is 9.53 Å². The maximum absolute atomic E-state index is 12.7. The van der Waals surface area contributed by atoms with Crippen LogP contribution in [0.3, 0.4) is 0 Å². The van der Waals surface area contributed by atoms with Crippen LogP contribution in [0, 0.1) is 0 Å². The summed E-state index contributed by atoms with van der Waals surface area (Å²) in [6, 6.07) is 11.2. The first-order valence-electron chi connectivity index (χ1n) is 8.28. The molecule has 3 aromatic rings. The standard InChI is InChI=1S/C19H18N4O2S/c1-25-14-4-2-3-12(9-14)18-22-15-7-8-23(11-16(15)26-18)19(24)13-5-6-17(20)21-10-13/h2-6,9-10H,7-8,11H2,1H3,(H2,20,21). The van der Waals surface area contributed by atoms with Crippen LogP contribution in [0.1, 0.15) is 20.9 Å². The van der Waals surface area contributed by atoms with Crippen LogP contribution in [0.5, 0.6) is 5.75 Å². The van der Waals surface area contributed by atoms with Crippen LogP contribution in [-0.2, 0) is 13.0 Å². The third-order valence-corrected chi connectivity index (χ3v) is 5.50. The van der Waals surface area contributed by atoms with Crippen LogP contribution in [0.15, 0.2) is 42.6 Å². The Morgan fingerprint density at radius 1 is 1.31 bits per heavy atom. The SMILES string of the molecule is COc1cccc(-c2nc3c(s2)CN(C(=O)c2ccc(N)nc2)CC3)c1. The van der Waals surface area contributed by atoms with Gasteiger partial charge in [-0.05, 0) is 24.3 Å². The molecule has 1 aliphatic rings. The lowest BCUT2D eigenvalue weighted by molar-refractivity contribution is 0.0736. The Balaban J connectivity index is 1.56. The number of rotatable bonds is 3. The molecule has 4 rings (SSSR count). The molecule has 0 saturated carbocycles. The number of hydrogen-bond donors (Lipinski definition) is 1. The fourth-order valence-electron chi connectivity index (χ4n) is 2.96. The summed E-state index contributed by atoms with van der Waals surface area (Å²) in [6.45, 7) is 1.22. The maximum atomic E-state index is 12.7. The quantitative estimate of drug-likeness (QED) is 0.771. The average Bonchev–Trinajstić information content (AvgIpc) is 3.11. The number of aromatic nitrogens is 2. The molecule has 0 fully saturated rings. The molecule has 26 heavy (non-hydrogen) atoms. The Hall–Kier alpha value is -2.93. The third kappa shape index (κ3) is 3.13. The first kappa shape index (κ1) is 16.5. The molecule has 0 radical (unpaired) electrons. The number of carbonyl (C=O) groups is 1. The molecule has 132 valence electrons. The van der Waals surface area contributed by atoms with Gasteiger partial charge in [0.05, 0.1) is 24.9 Å². The highest BCUT2D eigenvalue weighted by Crippen LogP contribution is 2.33. The Labute approximate surface area is 155 Å². The van der Waals surface area contributed by atoms with Crippen molar-refractivity contribution >= 4 is 23.1 Å². The first-order valence-corrected chi connectivity index (χ1v) is 9.09. The molecule has 2 aromatic heterocycles. The van der Waals surface area contributed by atoms with Gasteiger partial charge in [0.25, 0.3) is 5.91 Å². The zero-order chi connectivity index (χ0) is 18.1. The van der Waals surface area contributed by atoms with E-state index in [1.54, 1.807) is 30.6 Å². The highest BCUT2D eigenvalue weighted by molar-refractivity contribution is 7.15. The minimum Gasteiger partial charge on any atom is -0.497 e. The van der Waals surface area contributed by atoms with Crippen LogP contribution in [0.4, 0.5) is 5.82 Å². The second-order valence-corrected chi connectivity index (χ2v) is 7.15. The third-order valence-electron chi connectivity index (χ3n) is 4.37. The maximum Gasteiger partial charge on any atom is 0.255 e. The Bertz CT molecular complexity index is 952. The Morgan fingerprint density at radius 2 is 2.19 bits per heavy atom. The van der Waals surface area contributed by atoms with Gasteiger partial charge in [0.15, 0.2) is 0 Å². The summed E-state index contributed by atoms with van der Waals surface area (Å²) in [4.78, 5) is 24.4. The number of hydrogen-bond acceptors (Lipinski definition) is 6. The number of ether oxygens (including phenoxy) is 1. The van der Waals surface area contributed by atoms with Gasteiger partial charge in [-0.3, -0.25) is 4.79 Å². The minimum atomic E-state index is -0.0283. The van der Waals surface area contributed by atoms with Crippen molar-refractivity contribution in [3.8, 4) is 16.3 Å². The van der Waals surface area contributed by atoms with E-state index in [-0.39, 0.29) is 5.91 Å². The molecule has 1 amide bonds. The number of amides is 1. The summed E-state index contributed by atoms with van der Waals surface area (Å²) in [5.74, 6) is 1.19. The van der Waals surface area contributed by atoms with Crippen LogP contribution in [0.2, 0.25) is 0 Å². The first-order chi connectivity index (χ1) is 12.6. The van der Waals surface area contributed by atoms with Crippen molar-refractivity contribution in [1.29, 1.82) is 0 Å². The monoisotopic (exact) mass is 366 g/mol. The zero-order valence-electron chi connectivity index (χ0n) is 14.3. The lowest BCUT2D eigenvalue weighted by Gasteiger charge is -2.26. The van der Waals surface area contributed by atoms with Gasteiger partial charge in [-0.1, -0.05) is 12.1 Å². The molecule has 0 spiro atoms. The van der Waals surface area contributed by atoms with Crippen molar-refractivity contribution in [2.24, 2.45) is 0 Å². The Morgan fingerprint density at radius 3 is 2.96 bits per heavy atom. The predicted molar refractivity (Wildman–Crippen MR) is 101 cm³/mol. The summed E-state index contributed by atoms with van der Waals surface area (Å²) in [7, 11) is 1.65. The minimum absolute atomic E-state index is 0.0283. The molecule has 0 aliphatic carbocycles. The molecule has 1 aliphatic heterocycles. The van der Waals surface area contributed by atoms with E-state index in [4.69, 9.17) is 15.5 Å². The topological polar surface area (TPSA) is 81.3 Å². The van der Waals surface area contributed by atoms with Crippen molar-refractivity contribution in [3.63, 3.8) is 0 Å². The lowest BCUT2D eigenvalue weighted by atomic mass is 10.1. The van der Waals surface area contributed by atoms with Crippen LogP contribution in [0.25, 0.3) is 10.6 Å².